The van der Waals surface area contributed by atoms with Crippen molar-refractivity contribution in [1.29, 1.82) is 0 Å². The highest BCUT2D eigenvalue weighted by Gasteiger charge is 2.00. The monoisotopic (exact) mass is 311 g/mol. The van der Waals surface area contributed by atoms with Crippen LogP contribution in [-0.2, 0) is 0 Å². The van der Waals surface area contributed by atoms with E-state index in [1.54, 1.807) is 0 Å². The van der Waals surface area contributed by atoms with E-state index in [4.69, 9.17) is 10.8 Å². The summed E-state index contributed by atoms with van der Waals surface area (Å²) in [4.78, 5) is 0. The Morgan fingerprint density at radius 1 is 0.727 bits per heavy atom. The zero-order valence-corrected chi connectivity index (χ0v) is 15.1. The minimum Gasteiger partial charge on any atom is -0.396 e. The van der Waals surface area contributed by atoms with Crippen molar-refractivity contribution in [2.75, 3.05) is 6.61 Å². The summed E-state index contributed by atoms with van der Waals surface area (Å²) >= 11 is 0. The first-order valence-corrected chi connectivity index (χ1v) is 9.82. The highest BCUT2D eigenvalue weighted by molar-refractivity contribution is 4.81. The lowest BCUT2D eigenvalue weighted by atomic mass is 10.0. The average Bonchev–Trinajstić information content (AvgIpc) is 2.51. The summed E-state index contributed by atoms with van der Waals surface area (Å²) in [5.41, 5.74) is 5.87. The van der Waals surface area contributed by atoms with Crippen LogP contribution in [0, 0.1) is 0 Å². The summed E-state index contributed by atoms with van der Waals surface area (Å²) in [5.74, 6) is 0. The molecule has 1 unspecified atom stereocenters. The number of allylic oxidation sites excluding steroid dienone is 2. The van der Waals surface area contributed by atoms with Gasteiger partial charge in [-0.2, -0.15) is 0 Å². The van der Waals surface area contributed by atoms with E-state index in [2.05, 4.69) is 19.1 Å². The molecule has 0 amide bonds. The average molecular weight is 312 g/mol. The maximum Gasteiger partial charge on any atom is 0.0445 e. The molecule has 0 bridgehead atoms. The van der Waals surface area contributed by atoms with E-state index >= 15 is 0 Å². The maximum atomic E-state index is 8.78. The third-order valence-electron chi connectivity index (χ3n) is 4.34. The van der Waals surface area contributed by atoms with Gasteiger partial charge in [-0.3, -0.25) is 0 Å². The standard InChI is InChI=1S/C20H41NO/c1-2-3-4-5-6-7-8-9-10-11-12-13-14-15-16-17-20(21)18-19-22/h9-10,20,22H,2-8,11-19,21H2,1H3. The number of nitrogens with two attached hydrogens (primary N) is 1. The van der Waals surface area contributed by atoms with Crippen molar-refractivity contribution in [2.45, 2.75) is 109 Å². The fraction of sp³-hybridized carbons (Fsp3) is 0.900. The molecule has 0 rings (SSSR count). The highest BCUT2D eigenvalue weighted by Crippen LogP contribution is 2.10. The molecule has 0 fully saturated rings. The molecule has 22 heavy (non-hydrogen) atoms. The Kier molecular flexibility index (Phi) is 18.4. The van der Waals surface area contributed by atoms with E-state index < -0.39 is 0 Å². The zero-order valence-electron chi connectivity index (χ0n) is 15.1. The van der Waals surface area contributed by atoms with Gasteiger partial charge in [-0.05, 0) is 38.5 Å². The molecule has 2 heteroatoms. The molecule has 0 aromatic heterocycles. The predicted molar refractivity (Wildman–Crippen MR) is 99.1 cm³/mol. The second kappa shape index (κ2) is 18.7. The second-order valence-corrected chi connectivity index (χ2v) is 6.65. The van der Waals surface area contributed by atoms with E-state index in [-0.39, 0.29) is 12.6 Å². The summed E-state index contributed by atoms with van der Waals surface area (Å²) in [6.07, 6.45) is 24.0. The molecule has 2 nitrogen and oxygen atoms in total. The normalized spacial score (nSPS) is 13.0. The van der Waals surface area contributed by atoms with E-state index in [1.807, 2.05) is 0 Å². The fourth-order valence-corrected chi connectivity index (χ4v) is 2.79. The van der Waals surface area contributed by atoms with E-state index in [1.165, 1.54) is 83.5 Å². The quantitative estimate of drug-likeness (QED) is 0.266. The number of hydrogen-bond donors (Lipinski definition) is 2. The van der Waals surface area contributed by atoms with Gasteiger partial charge in [0.2, 0.25) is 0 Å². The Morgan fingerprint density at radius 2 is 1.23 bits per heavy atom. The Labute approximate surface area is 139 Å². The SMILES string of the molecule is CCCCCCCCC=CCCCCCCCC(N)CCO. The van der Waals surface area contributed by atoms with Crippen LogP contribution in [0.15, 0.2) is 12.2 Å². The van der Waals surface area contributed by atoms with Gasteiger partial charge in [-0.1, -0.05) is 76.9 Å². The van der Waals surface area contributed by atoms with Crippen molar-refractivity contribution in [2.24, 2.45) is 5.73 Å². The second-order valence-electron chi connectivity index (χ2n) is 6.65. The van der Waals surface area contributed by atoms with Crippen LogP contribution in [0.2, 0.25) is 0 Å². The van der Waals surface area contributed by atoms with Crippen LogP contribution < -0.4 is 5.73 Å². The maximum absolute atomic E-state index is 8.78. The van der Waals surface area contributed by atoms with Gasteiger partial charge in [0.25, 0.3) is 0 Å². The first kappa shape index (κ1) is 21.7. The van der Waals surface area contributed by atoms with Crippen molar-refractivity contribution >= 4 is 0 Å². The third-order valence-corrected chi connectivity index (χ3v) is 4.34. The highest BCUT2D eigenvalue weighted by atomic mass is 16.3. The van der Waals surface area contributed by atoms with Gasteiger partial charge in [0.1, 0.15) is 0 Å². The minimum absolute atomic E-state index is 0.204. The van der Waals surface area contributed by atoms with Crippen molar-refractivity contribution in [3.05, 3.63) is 12.2 Å². The molecule has 0 aromatic rings. The van der Waals surface area contributed by atoms with Crippen LogP contribution in [0.3, 0.4) is 0 Å². The lowest BCUT2D eigenvalue weighted by Crippen LogP contribution is -2.20. The van der Waals surface area contributed by atoms with E-state index in [0.717, 1.165) is 12.8 Å². The Balaban J connectivity index is 3.11. The first-order valence-electron chi connectivity index (χ1n) is 9.82. The number of aliphatic hydroxyl groups is 1. The lowest BCUT2D eigenvalue weighted by Gasteiger charge is -2.08. The Bertz CT molecular complexity index is 228. The van der Waals surface area contributed by atoms with Crippen LogP contribution in [0.1, 0.15) is 103 Å². The molecule has 0 aliphatic heterocycles. The molecule has 0 aromatic carbocycles. The van der Waals surface area contributed by atoms with Crippen LogP contribution in [0.5, 0.6) is 0 Å². The molecule has 132 valence electrons. The van der Waals surface area contributed by atoms with E-state index in [9.17, 15) is 0 Å². The molecule has 0 aliphatic rings. The van der Waals surface area contributed by atoms with Gasteiger partial charge < -0.3 is 10.8 Å². The number of rotatable bonds is 17. The van der Waals surface area contributed by atoms with Gasteiger partial charge in [-0.25, -0.2) is 0 Å². The molecular formula is C20H41NO. The zero-order chi connectivity index (χ0) is 16.3. The molecule has 0 radical (unpaired) electrons. The fourth-order valence-electron chi connectivity index (χ4n) is 2.79. The van der Waals surface area contributed by atoms with Crippen molar-refractivity contribution < 1.29 is 5.11 Å². The van der Waals surface area contributed by atoms with Gasteiger partial charge in [0.05, 0.1) is 0 Å². The van der Waals surface area contributed by atoms with Gasteiger partial charge in [-0.15, -0.1) is 0 Å². The van der Waals surface area contributed by atoms with Gasteiger partial charge in [0.15, 0.2) is 0 Å². The van der Waals surface area contributed by atoms with Crippen molar-refractivity contribution in [3.63, 3.8) is 0 Å². The van der Waals surface area contributed by atoms with Crippen molar-refractivity contribution in [1.82, 2.24) is 0 Å². The molecule has 0 saturated heterocycles. The third kappa shape index (κ3) is 17.7. The number of aliphatic hydroxyl groups excluding tert-OH is 1. The Morgan fingerprint density at radius 3 is 1.77 bits per heavy atom. The predicted octanol–water partition coefficient (Wildman–Crippen LogP) is 5.73. The molecule has 0 heterocycles. The van der Waals surface area contributed by atoms with Gasteiger partial charge in [0, 0.05) is 12.6 Å². The first-order chi connectivity index (χ1) is 10.8. The lowest BCUT2D eigenvalue weighted by molar-refractivity contribution is 0.271. The molecule has 0 spiro atoms. The summed E-state index contributed by atoms with van der Waals surface area (Å²) < 4.78 is 0. The van der Waals surface area contributed by atoms with Crippen LogP contribution in [0.25, 0.3) is 0 Å². The van der Waals surface area contributed by atoms with E-state index in [0.29, 0.717) is 0 Å². The number of hydrogen-bond acceptors (Lipinski definition) is 2. The summed E-state index contributed by atoms with van der Waals surface area (Å²) in [6, 6.07) is 0.204. The van der Waals surface area contributed by atoms with Crippen LogP contribution in [0.4, 0.5) is 0 Å². The number of unbranched alkanes of at least 4 members (excludes halogenated alkanes) is 11. The minimum atomic E-state index is 0.204. The Hall–Kier alpha value is -0.340. The van der Waals surface area contributed by atoms with Crippen molar-refractivity contribution in [3.8, 4) is 0 Å². The summed E-state index contributed by atoms with van der Waals surface area (Å²) in [5, 5.41) is 8.78. The molecular weight excluding hydrogens is 270 g/mol. The molecule has 0 aliphatic carbocycles. The largest absolute Gasteiger partial charge is 0.396 e. The van der Waals surface area contributed by atoms with Gasteiger partial charge >= 0.3 is 0 Å². The summed E-state index contributed by atoms with van der Waals surface area (Å²) in [7, 11) is 0. The van der Waals surface area contributed by atoms with Crippen LogP contribution in [-0.4, -0.2) is 17.8 Å². The molecule has 0 saturated carbocycles. The molecule has 1 atom stereocenters. The summed E-state index contributed by atoms with van der Waals surface area (Å²) in [6.45, 7) is 2.50. The topological polar surface area (TPSA) is 46.2 Å². The van der Waals surface area contributed by atoms with Crippen LogP contribution >= 0.6 is 0 Å². The smallest absolute Gasteiger partial charge is 0.0445 e. The molecule has 3 N–H and O–H groups in total.